The molecule has 5 unspecified atom stereocenters. The number of benzene rings is 1. The molecular weight excluding hydrogens is 308 g/mol. The van der Waals surface area contributed by atoms with Crippen molar-refractivity contribution in [2.45, 2.75) is 44.6 Å². The Hall–Kier alpha value is -1.19. The number of aromatic nitrogens is 1. The molecule has 3 fully saturated rings. The SMILES string of the molecule is CCC1CC2CC3c4[nH]c5ccc(O)cc5c4CC[NH+](C2)C13.[Cl-]. The number of phenols is 1. The van der Waals surface area contributed by atoms with Crippen LogP contribution >= 0.6 is 0 Å². The van der Waals surface area contributed by atoms with Gasteiger partial charge >= 0.3 is 0 Å². The van der Waals surface area contributed by atoms with E-state index in [1.165, 1.54) is 54.5 Å². The van der Waals surface area contributed by atoms with Crippen molar-refractivity contribution in [2.24, 2.45) is 11.8 Å². The van der Waals surface area contributed by atoms with Crippen LogP contribution in [0, 0.1) is 11.8 Å². The van der Waals surface area contributed by atoms with Crippen LogP contribution in [-0.2, 0) is 6.42 Å². The quantitative estimate of drug-likeness (QED) is 0.630. The van der Waals surface area contributed by atoms with Crippen LogP contribution < -0.4 is 17.3 Å². The molecule has 5 atom stereocenters. The Kier molecular flexibility index (Phi) is 3.62. The Morgan fingerprint density at radius 3 is 3.00 bits per heavy atom. The monoisotopic (exact) mass is 332 g/mol. The lowest BCUT2D eigenvalue weighted by molar-refractivity contribution is -0.946. The predicted molar refractivity (Wildman–Crippen MR) is 87.4 cm³/mol. The van der Waals surface area contributed by atoms with Gasteiger partial charge in [-0.15, -0.1) is 0 Å². The van der Waals surface area contributed by atoms with Crippen LogP contribution in [0.3, 0.4) is 0 Å². The van der Waals surface area contributed by atoms with Gasteiger partial charge in [0.25, 0.3) is 0 Å². The van der Waals surface area contributed by atoms with Gasteiger partial charge in [0, 0.05) is 34.9 Å². The van der Waals surface area contributed by atoms with Crippen molar-refractivity contribution in [1.29, 1.82) is 0 Å². The van der Waals surface area contributed by atoms with E-state index in [1.807, 2.05) is 17.0 Å². The number of nitrogens with one attached hydrogen (secondary N) is 2. The fourth-order valence-electron chi connectivity index (χ4n) is 5.91. The summed E-state index contributed by atoms with van der Waals surface area (Å²) in [7, 11) is 0. The molecule has 4 aliphatic rings. The molecule has 4 heteroatoms. The molecule has 0 spiro atoms. The molecule has 2 aromatic rings. The number of halogens is 1. The highest BCUT2D eigenvalue weighted by Gasteiger charge is 2.51. The Labute approximate surface area is 143 Å². The van der Waals surface area contributed by atoms with Crippen LogP contribution in [0.4, 0.5) is 0 Å². The topological polar surface area (TPSA) is 40.5 Å². The zero-order valence-corrected chi connectivity index (χ0v) is 14.4. The van der Waals surface area contributed by atoms with Crippen LogP contribution in [0.5, 0.6) is 5.75 Å². The standard InChI is InChI=1S/C19H24N2O.ClH/c1-2-12-7-11-8-16-18-14(5-6-21(10-11)19(12)16)15-9-13(22)3-4-17(15)20-18;/h3-4,9,11-12,16,19-20,22H,2,5-8,10H2,1H3;1H. The largest absolute Gasteiger partial charge is 1.00 e. The van der Waals surface area contributed by atoms with E-state index in [-0.39, 0.29) is 12.4 Å². The van der Waals surface area contributed by atoms with Gasteiger partial charge in [-0.3, -0.25) is 0 Å². The molecule has 2 saturated heterocycles. The van der Waals surface area contributed by atoms with Crippen molar-refractivity contribution in [3.05, 3.63) is 29.5 Å². The lowest BCUT2D eigenvalue weighted by Crippen LogP contribution is -3.20. The maximum atomic E-state index is 9.87. The van der Waals surface area contributed by atoms with Gasteiger partial charge in [0.05, 0.1) is 25.0 Å². The summed E-state index contributed by atoms with van der Waals surface area (Å²) in [6, 6.07) is 6.62. The van der Waals surface area contributed by atoms with Crippen LogP contribution in [0.15, 0.2) is 18.2 Å². The molecule has 4 heterocycles. The number of hydrogen-bond donors (Lipinski definition) is 3. The second kappa shape index (κ2) is 5.42. The summed E-state index contributed by atoms with van der Waals surface area (Å²) >= 11 is 0. The van der Waals surface area contributed by atoms with E-state index in [0.717, 1.165) is 24.3 Å². The third kappa shape index (κ3) is 2.13. The van der Waals surface area contributed by atoms with E-state index in [1.54, 1.807) is 6.07 Å². The number of piperidine rings is 2. The molecule has 3 aliphatic heterocycles. The first kappa shape index (κ1) is 15.3. The summed E-state index contributed by atoms with van der Waals surface area (Å²) in [5, 5.41) is 11.1. The van der Waals surface area contributed by atoms with Gasteiger partial charge in [-0.25, -0.2) is 0 Å². The van der Waals surface area contributed by atoms with Gasteiger partial charge in [0.1, 0.15) is 5.75 Å². The molecule has 23 heavy (non-hydrogen) atoms. The number of rotatable bonds is 1. The lowest BCUT2D eigenvalue weighted by atomic mass is 9.65. The smallest absolute Gasteiger partial charge is 0.116 e. The Bertz CT molecular complexity index is 740. The number of hydrogen-bond acceptors (Lipinski definition) is 1. The molecule has 0 radical (unpaired) electrons. The molecule has 1 aromatic carbocycles. The highest BCUT2D eigenvalue weighted by atomic mass is 35.5. The Morgan fingerprint density at radius 1 is 1.30 bits per heavy atom. The normalized spacial score (nSPS) is 34.7. The minimum absolute atomic E-state index is 0. The summed E-state index contributed by atoms with van der Waals surface area (Å²) in [6.07, 6.45) is 5.32. The number of aromatic hydroxyl groups is 1. The second-order valence-electron chi connectivity index (χ2n) is 7.75. The summed E-state index contributed by atoms with van der Waals surface area (Å²) in [6.45, 7) is 5.04. The number of H-pyrrole nitrogens is 1. The first-order valence-corrected chi connectivity index (χ1v) is 8.92. The van der Waals surface area contributed by atoms with E-state index < -0.39 is 0 Å². The van der Waals surface area contributed by atoms with Gasteiger partial charge in [0.15, 0.2) is 0 Å². The van der Waals surface area contributed by atoms with E-state index >= 15 is 0 Å². The summed E-state index contributed by atoms with van der Waals surface area (Å²) in [4.78, 5) is 5.60. The molecule has 3 nitrogen and oxygen atoms in total. The first-order chi connectivity index (χ1) is 10.7. The third-order valence-corrected chi connectivity index (χ3v) is 6.70. The summed E-state index contributed by atoms with van der Waals surface area (Å²) in [5.41, 5.74) is 4.21. The molecule has 1 aromatic heterocycles. The zero-order valence-electron chi connectivity index (χ0n) is 13.6. The molecule has 0 amide bonds. The van der Waals surface area contributed by atoms with Gasteiger partial charge in [-0.1, -0.05) is 6.92 Å². The molecule has 1 aliphatic carbocycles. The minimum atomic E-state index is 0. The van der Waals surface area contributed by atoms with E-state index in [0.29, 0.717) is 11.7 Å². The minimum Gasteiger partial charge on any atom is -1.00 e. The van der Waals surface area contributed by atoms with Crippen molar-refractivity contribution in [3.63, 3.8) is 0 Å². The van der Waals surface area contributed by atoms with Crippen molar-refractivity contribution < 1.29 is 22.4 Å². The van der Waals surface area contributed by atoms with E-state index in [2.05, 4.69) is 11.9 Å². The maximum Gasteiger partial charge on any atom is 0.116 e. The molecule has 1 saturated carbocycles. The van der Waals surface area contributed by atoms with Crippen LogP contribution in [0.25, 0.3) is 10.9 Å². The Balaban J connectivity index is 0.00000135. The summed E-state index contributed by atoms with van der Waals surface area (Å²) in [5.74, 6) is 2.92. The maximum absolute atomic E-state index is 9.87. The van der Waals surface area contributed by atoms with E-state index in [9.17, 15) is 5.11 Å². The highest BCUT2D eigenvalue weighted by Crippen LogP contribution is 2.45. The molecular formula is C19H25ClN2O. The molecule has 124 valence electrons. The van der Waals surface area contributed by atoms with Gasteiger partial charge < -0.3 is 27.4 Å². The van der Waals surface area contributed by atoms with Crippen molar-refractivity contribution >= 4 is 10.9 Å². The predicted octanol–water partition coefficient (Wildman–Crippen LogP) is -0.779. The van der Waals surface area contributed by atoms with Gasteiger partial charge in [-0.2, -0.15) is 0 Å². The Morgan fingerprint density at radius 2 is 2.17 bits per heavy atom. The number of quaternary nitrogens is 1. The van der Waals surface area contributed by atoms with Gasteiger partial charge in [0.2, 0.25) is 0 Å². The average Bonchev–Trinajstić information content (AvgIpc) is 2.85. The average molecular weight is 333 g/mol. The molecule has 3 N–H and O–H groups in total. The second-order valence-corrected chi connectivity index (χ2v) is 7.75. The lowest BCUT2D eigenvalue weighted by Gasteiger charge is -2.50. The van der Waals surface area contributed by atoms with E-state index in [4.69, 9.17) is 0 Å². The number of phenolic OH excluding ortho intramolecular Hbond substituents is 1. The highest BCUT2D eigenvalue weighted by molar-refractivity contribution is 5.86. The van der Waals surface area contributed by atoms with Crippen molar-refractivity contribution in [1.82, 2.24) is 4.98 Å². The molecule has 6 rings (SSSR count). The van der Waals surface area contributed by atoms with Crippen LogP contribution in [-0.4, -0.2) is 29.2 Å². The fraction of sp³-hybridized carbons (Fsp3) is 0.579. The zero-order chi connectivity index (χ0) is 14.8. The first-order valence-electron chi connectivity index (χ1n) is 8.92. The molecule has 4 bridgehead atoms. The number of aromatic amines is 1. The van der Waals surface area contributed by atoms with Crippen molar-refractivity contribution in [3.8, 4) is 5.75 Å². The fourth-order valence-corrected chi connectivity index (χ4v) is 5.91. The third-order valence-electron chi connectivity index (χ3n) is 6.70. The van der Waals surface area contributed by atoms with Crippen LogP contribution in [0.2, 0.25) is 0 Å². The van der Waals surface area contributed by atoms with Gasteiger partial charge in [-0.05, 0) is 43.0 Å². The van der Waals surface area contributed by atoms with Crippen molar-refractivity contribution in [2.75, 3.05) is 13.1 Å². The number of fused-ring (bicyclic) bond motifs is 4. The summed E-state index contributed by atoms with van der Waals surface area (Å²) < 4.78 is 0. The van der Waals surface area contributed by atoms with Crippen LogP contribution in [0.1, 0.15) is 43.4 Å².